The van der Waals surface area contributed by atoms with Crippen LogP contribution in [0.1, 0.15) is 0 Å². The Kier molecular flexibility index (Phi) is 6.11. The molecule has 0 aliphatic heterocycles. The van der Waals surface area contributed by atoms with Crippen LogP contribution in [-0.4, -0.2) is 19.9 Å². The minimum absolute atomic E-state index is 0.630. The first-order valence-corrected chi connectivity index (χ1v) is 13.2. The fourth-order valence-corrected chi connectivity index (χ4v) is 4.99. The number of nitrogens with zero attached hydrogens (tertiary/aromatic N) is 4. The van der Waals surface area contributed by atoms with Gasteiger partial charge in [0.25, 0.3) is 0 Å². The Hall–Kier alpha value is -5.48. The van der Waals surface area contributed by atoms with E-state index in [2.05, 4.69) is 65.6 Å². The van der Waals surface area contributed by atoms with Gasteiger partial charge in [-0.15, -0.1) is 0 Å². The molecule has 0 bridgehead atoms. The topological polar surface area (TPSA) is 51.6 Å². The number of hydrogen-bond acceptors (Lipinski definition) is 4. The lowest BCUT2D eigenvalue weighted by Crippen LogP contribution is -2.00. The number of fused-ring (bicyclic) bond motifs is 1. The number of hydrogen-bond donors (Lipinski definition) is 0. The Balaban J connectivity index is 1.48. The molecule has 0 radical (unpaired) electrons. The maximum atomic E-state index is 5.00. The van der Waals surface area contributed by atoms with Gasteiger partial charge in [-0.05, 0) is 52.6 Å². The molecule has 7 rings (SSSR count). The van der Waals surface area contributed by atoms with Gasteiger partial charge < -0.3 is 0 Å². The van der Waals surface area contributed by atoms with Gasteiger partial charge in [0, 0.05) is 28.3 Å². The van der Waals surface area contributed by atoms with Crippen molar-refractivity contribution in [3.63, 3.8) is 0 Å². The van der Waals surface area contributed by atoms with Gasteiger partial charge in [-0.1, -0.05) is 109 Å². The minimum atomic E-state index is 0.630. The highest BCUT2D eigenvalue weighted by molar-refractivity contribution is 5.96. The van der Waals surface area contributed by atoms with E-state index >= 15 is 0 Å². The zero-order valence-corrected chi connectivity index (χ0v) is 21.6. The smallest absolute Gasteiger partial charge is 0.164 e. The molecule has 4 heteroatoms. The van der Waals surface area contributed by atoms with Gasteiger partial charge in [0.2, 0.25) is 0 Å². The summed E-state index contributed by atoms with van der Waals surface area (Å²) in [5, 5.41) is 1.10. The maximum absolute atomic E-state index is 5.00. The molecule has 7 aromatic rings. The number of rotatable bonds is 5. The Morgan fingerprint density at radius 3 is 1.45 bits per heavy atom. The van der Waals surface area contributed by atoms with Crippen molar-refractivity contribution in [3.8, 4) is 56.4 Å². The van der Waals surface area contributed by atoms with Crippen LogP contribution in [0.25, 0.3) is 67.3 Å². The Labute approximate surface area is 232 Å². The highest BCUT2D eigenvalue weighted by atomic mass is 15.0. The number of para-hydroxylation sites is 1. The molecule has 0 saturated heterocycles. The predicted molar refractivity (Wildman–Crippen MR) is 162 cm³/mol. The van der Waals surface area contributed by atoms with Crippen molar-refractivity contribution in [3.05, 3.63) is 146 Å². The fraction of sp³-hybridized carbons (Fsp3) is 0. The Morgan fingerprint density at radius 2 is 0.825 bits per heavy atom. The molecule has 0 N–H and O–H groups in total. The van der Waals surface area contributed by atoms with Crippen molar-refractivity contribution in [1.82, 2.24) is 19.9 Å². The van der Waals surface area contributed by atoms with E-state index < -0.39 is 0 Å². The lowest BCUT2D eigenvalue weighted by molar-refractivity contribution is 1.07. The summed E-state index contributed by atoms with van der Waals surface area (Å²) in [4.78, 5) is 19.5. The van der Waals surface area contributed by atoms with Crippen molar-refractivity contribution < 1.29 is 0 Å². The van der Waals surface area contributed by atoms with Gasteiger partial charge in [0.05, 0.1) is 5.52 Å². The molecule has 0 aliphatic carbocycles. The molecule has 0 amide bonds. The molecule has 0 saturated carbocycles. The second kappa shape index (κ2) is 10.4. The molecule has 40 heavy (non-hydrogen) atoms. The van der Waals surface area contributed by atoms with Crippen LogP contribution in [0.2, 0.25) is 0 Å². The molecule has 2 aromatic heterocycles. The van der Waals surface area contributed by atoms with E-state index in [1.54, 1.807) is 0 Å². The van der Waals surface area contributed by atoms with Crippen molar-refractivity contribution in [1.29, 1.82) is 0 Å². The fourth-order valence-electron chi connectivity index (χ4n) is 4.99. The summed E-state index contributed by atoms with van der Waals surface area (Å²) in [5.74, 6) is 1.92. The quantitative estimate of drug-likeness (QED) is 0.231. The number of aromatic nitrogens is 4. The van der Waals surface area contributed by atoms with Crippen LogP contribution < -0.4 is 0 Å². The normalized spacial score (nSPS) is 11.0. The van der Waals surface area contributed by atoms with Gasteiger partial charge in [0.1, 0.15) is 0 Å². The third-order valence-corrected chi connectivity index (χ3v) is 6.96. The zero-order chi connectivity index (χ0) is 26.7. The van der Waals surface area contributed by atoms with Crippen molar-refractivity contribution in [2.75, 3.05) is 0 Å². The third kappa shape index (κ3) is 4.63. The van der Waals surface area contributed by atoms with E-state index in [0.29, 0.717) is 17.5 Å². The lowest BCUT2D eigenvalue weighted by atomic mass is 9.94. The first-order valence-electron chi connectivity index (χ1n) is 13.2. The first-order chi connectivity index (χ1) is 19.8. The van der Waals surface area contributed by atoms with Crippen LogP contribution in [0.3, 0.4) is 0 Å². The predicted octanol–water partition coefficient (Wildman–Crippen LogP) is 8.75. The largest absolute Gasteiger partial charge is 0.256 e. The first kappa shape index (κ1) is 23.6. The molecule has 4 nitrogen and oxygen atoms in total. The van der Waals surface area contributed by atoms with Crippen LogP contribution in [0, 0.1) is 0 Å². The van der Waals surface area contributed by atoms with Gasteiger partial charge in [0.15, 0.2) is 17.5 Å². The van der Waals surface area contributed by atoms with E-state index in [4.69, 9.17) is 15.0 Å². The second-order valence-corrected chi connectivity index (χ2v) is 9.58. The van der Waals surface area contributed by atoms with Crippen LogP contribution in [0.4, 0.5) is 0 Å². The minimum Gasteiger partial charge on any atom is -0.256 e. The van der Waals surface area contributed by atoms with Crippen molar-refractivity contribution in [2.24, 2.45) is 0 Å². The third-order valence-electron chi connectivity index (χ3n) is 6.96. The lowest BCUT2D eigenvalue weighted by Gasteiger charge is -2.13. The van der Waals surface area contributed by atoms with E-state index in [1.165, 1.54) is 0 Å². The summed E-state index contributed by atoms with van der Waals surface area (Å²) in [6.45, 7) is 0. The SMILES string of the molecule is c1ccc(-c2cc(-c3nc(-c4ccccc4)nc(-c4ccccc4)n3)cc(-c3ccnc4ccccc34)c2)cc1. The Bertz CT molecular complexity index is 1870. The summed E-state index contributed by atoms with van der Waals surface area (Å²) in [5.41, 5.74) is 8.20. The summed E-state index contributed by atoms with van der Waals surface area (Å²) in [7, 11) is 0. The molecular weight excluding hydrogens is 488 g/mol. The summed E-state index contributed by atoms with van der Waals surface area (Å²) >= 11 is 0. The van der Waals surface area contributed by atoms with E-state index in [1.807, 2.05) is 85.1 Å². The molecule has 0 spiro atoms. The average molecular weight is 513 g/mol. The van der Waals surface area contributed by atoms with Gasteiger partial charge >= 0.3 is 0 Å². The monoisotopic (exact) mass is 512 g/mol. The van der Waals surface area contributed by atoms with Crippen LogP contribution in [-0.2, 0) is 0 Å². The molecule has 0 atom stereocenters. The summed E-state index contributed by atoms with van der Waals surface area (Å²) < 4.78 is 0. The molecule has 0 fully saturated rings. The van der Waals surface area contributed by atoms with E-state index in [-0.39, 0.29) is 0 Å². The summed E-state index contributed by atoms with van der Waals surface area (Å²) in [6, 6.07) is 47.5. The van der Waals surface area contributed by atoms with Crippen LogP contribution in [0.15, 0.2) is 146 Å². The maximum Gasteiger partial charge on any atom is 0.164 e. The molecule has 2 heterocycles. The second-order valence-electron chi connectivity index (χ2n) is 9.58. The van der Waals surface area contributed by atoms with Crippen LogP contribution in [0.5, 0.6) is 0 Å². The van der Waals surface area contributed by atoms with Gasteiger partial charge in [-0.25, -0.2) is 15.0 Å². The van der Waals surface area contributed by atoms with Gasteiger partial charge in [-0.2, -0.15) is 0 Å². The molecule has 188 valence electrons. The summed E-state index contributed by atoms with van der Waals surface area (Å²) in [6.07, 6.45) is 1.87. The van der Waals surface area contributed by atoms with Gasteiger partial charge in [-0.3, -0.25) is 4.98 Å². The average Bonchev–Trinajstić information content (AvgIpc) is 3.05. The number of benzene rings is 5. The highest BCUT2D eigenvalue weighted by Crippen LogP contribution is 2.35. The highest BCUT2D eigenvalue weighted by Gasteiger charge is 2.15. The standard InChI is InChI=1S/C36H24N4/c1-4-12-25(13-5-1)28-22-29(31-20-21-37-33-19-11-10-18-32(31)33)24-30(23-28)36-39-34(26-14-6-2-7-15-26)38-35(40-36)27-16-8-3-9-17-27/h1-24H. The van der Waals surface area contributed by atoms with Crippen molar-refractivity contribution in [2.45, 2.75) is 0 Å². The Morgan fingerprint density at radius 1 is 0.350 bits per heavy atom. The van der Waals surface area contributed by atoms with Crippen molar-refractivity contribution >= 4 is 10.9 Å². The van der Waals surface area contributed by atoms with E-state index in [0.717, 1.165) is 49.8 Å². The molecular formula is C36H24N4. The van der Waals surface area contributed by atoms with Crippen LogP contribution >= 0.6 is 0 Å². The molecule has 5 aromatic carbocycles. The zero-order valence-electron chi connectivity index (χ0n) is 21.6. The molecule has 0 unspecified atom stereocenters. The molecule has 0 aliphatic rings. The van der Waals surface area contributed by atoms with E-state index in [9.17, 15) is 0 Å². The number of pyridine rings is 1.